The molecule has 0 aliphatic heterocycles. The van der Waals surface area contributed by atoms with Crippen molar-refractivity contribution in [3.05, 3.63) is 50.4 Å². The molecule has 0 unspecified atom stereocenters. The summed E-state index contributed by atoms with van der Waals surface area (Å²) in [5, 5.41) is 10.1. The van der Waals surface area contributed by atoms with E-state index in [2.05, 4.69) is 15.9 Å². The second-order valence-electron chi connectivity index (χ2n) is 6.76. The lowest BCUT2D eigenvalue weighted by atomic mass is 10.2. The lowest BCUT2D eigenvalue weighted by Crippen LogP contribution is -2.17. The highest BCUT2D eigenvalue weighted by Crippen LogP contribution is 2.36. The molecule has 0 heterocycles. The number of benzene rings is 2. The molecule has 29 heavy (non-hydrogen) atoms. The second-order valence-corrected chi connectivity index (χ2v) is 12.6. The number of phenols is 1. The molecular formula is C18H20BrCl2NO5S2. The number of aromatic hydroxyl groups is 1. The van der Waals surface area contributed by atoms with Crippen molar-refractivity contribution < 1.29 is 21.9 Å². The van der Waals surface area contributed by atoms with Crippen molar-refractivity contribution in [2.24, 2.45) is 0 Å². The molecule has 1 N–H and O–H groups in total. The summed E-state index contributed by atoms with van der Waals surface area (Å²) in [7, 11) is -3.96. The first-order valence-corrected chi connectivity index (χ1v) is 13.2. The molecule has 2 rings (SSSR count). The molecule has 2 aromatic rings. The maximum atomic E-state index is 12.8. The van der Waals surface area contributed by atoms with E-state index in [9.17, 15) is 21.9 Å². The number of sulfone groups is 2. The highest BCUT2D eigenvalue weighted by Gasteiger charge is 2.24. The molecule has 0 radical (unpaired) electrons. The van der Waals surface area contributed by atoms with Crippen molar-refractivity contribution in [1.82, 2.24) is 4.90 Å². The number of hydrogen-bond donors (Lipinski definition) is 1. The van der Waals surface area contributed by atoms with E-state index in [-0.39, 0.29) is 31.2 Å². The van der Waals surface area contributed by atoms with Gasteiger partial charge in [-0.15, -0.1) is 0 Å². The molecule has 0 aliphatic carbocycles. The van der Waals surface area contributed by atoms with Gasteiger partial charge in [0.1, 0.15) is 4.90 Å². The van der Waals surface area contributed by atoms with E-state index in [1.165, 1.54) is 30.3 Å². The Kier molecular flexibility index (Phi) is 8.03. The minimum Gasteiger partial charge on any atom is -0.505 e. The number of phenolic OH excluding ortho intramolecular Hbond substituents is 1. The fourth-order valence-corrected chi connectivity index (χ4v) is 6.84. The minimum absolute atomic E-state index is 0.0366. The first kappa shape index (κ1) is 24.4. The van der Waals surface area contributed by atoms with E-state index in [1.807, 2.05) is 19.0 Å². The minimum atomic E-state index is -4.02. The first-order valence-electron chi connectivity index (χ1n) is 8.39. The van der Waals surface area contributed by atoms with Crippen molar-refractivity contribution in [3.8, 4) is 5.75 Å². The zero-order chi connectivity index (χ0) is 22.0. The maximum absolute atomic E-state index is 12.8. The highest BCUT2D eigenvalue weighted by atomic mass is 79.9. The van der Waals surface area contributed by atoms with Gasteiger partial charge < -0.3 is 10.0 Å². The van der Waals surface area contributed by atoms with Gasteiger partial charge in [0, 0.05) is 9.50 Å². The third kappa shape index (κ3) is 6.57. The SMILES string of the molecule is CN(C)CCCS(=O)(=O)c1cc(Cl)cc(CS(=O)(=O)c2cc(Br)cc(Cl)c2O)c1. The quantitative estimate of drug-likeness (QED) is 0.536. The Hall–Kier alpha value is -0.840. The van der Waals surface area contributed by atoms with Crippen LogP contribution in [0.1, 0.15) is 12.0 Å². The summed E-state index contributed by atoms with van der Waals surface area (Å²) in [6.07, 6.45) is 0.430. The van der Waals surface area contributed by atoms with Gasteiger partial charge in [-0.1, -0.05) is 39.1 Å². The van der Waals surface area contributed by atoms with Gasteiger partial charge in [0.15, 0.2) is 25.4 Å². The Morgan fingerprint density at radius 2 is 1.66 bits per heavy atom. The van der Waals surface area contributed by atoms with Crippen LogP contribution in [0.4, 0.5) is 0 Å². The maximum Gasteiger partial charge on any atom is 0.186 e. The number of hydrogen-bond acceptors (Lipinski definition) is 6. The van der Waals surface area contributed by atoms with Crippen molar-refractivity contribution in [1.29, 1.82) is 0 Å². The van der Waals surface area contributed by atoms with Gasteiger partial charge in [0.05, 0.1) is 21.4 Å². The number of nitrogens with zero attached hydrogens (tertiary/aromatic N) is 1. The normalized spacial score (nSPS) is 12.5. The molecule has 0 aliphatic rings. The van der Waals surface area contributed by atoms with Crippen molar-refractivity contribution in [3.63, 3.8) is 0 Å². The van der Waals surface area contributed by atoms with Crippen LogP contribution < -0.4 is 0 Å². The molecule has 11 heteroatoms. The van der Waals surface area contributed by atoms with Gasteiger partial charge in [-0.2, -0.15) is 0 Å². The molecule has 6 nitrogen and oxygen atoms in total. The Balaban J connectivity index is 2.37. The average Bonchev–Trinajstić information content (AvgIpc) is 2.56. The summed E-state index contributed by atoms with van der Waals surface area (Å²) >= 11 is 15.1. The van der Waals surface area contributed by atoms with E-state index < -0.39 is 31.2 Å². The lowest BCUT2D eigenvalue weighted by molar-refractivity contribution is 0.408. The van der Waals surface area contributed by atoms with E-state index >= 15 is 0 Å². The molecule has 0 bridgehead atoms. The molecule has 2 aromatic carbocycles. The first-order chi connectivity index (χ1) is 13.3. The van der Waals surface area contributed by atoms with Gasteiger partial charge in [-0.3, -0.25) is 0 Å². The van der Waals surface area contributed by atoms with Crippen LogP contribution in [0.5, 0.6) is 5.75 Å². The van der Waals surface area contributed by atoms with Crippen LogP contribution in [0.2, 0.25) is 10.0 Å². The summed E-state index contributed by atoms with van der Waals surface area (Å²) in [5.74, 6) is -1.19. The molecule has 0 aromatic heterocycles. The van der Waals surface area contributed by atoms with Crippen LogP contribution in [0, 0.1) is 0 Å². The fraction of sp³-hybridized carbons (Fsp3) is 0.333. The standard InChI is InChI=1S/C18H20BrCl2NO5S2/c1-22(2)4-3-5-28(24,25)15-7-12(6-14(20)10-15)11-29(26,27)17-9-13(19)8-16(21)18(17)23/h6-10,23H,3-5,11H2,1-2H3. The van der Waals surface area contributed by atoms with Crippen molar-refractivity contribution in [2.75, 3.05) is 26.4 Å². The van der Waals surface area contributed by atoms with E-state index in [0.29, 0.717) is 17.4 Å². The van der Waals surface area contributed by atoms with Crippen LogP contribution in [0.25, 0.3) is 0 Å². The van der Waals surface area contributed by atoms with Gasteiger partial charge in [0.2, 0.25) is 0 Å². The lowest BCUT2D eigenvalue weighted by Gasteiger charge is -2.12. The molecule has 0 saturated carbocycles. The van der Waals surface area contributed by atoms with Crippen LogP contribution in [0.15, 0.2) is 44.6 Å². The zero-order valence-electron chi connectivity index (χ0n) is 15.7. The van der Waals surface area contributed by atoms with Crippen LogP contribution >= 0.6 is 39.1 Å². The predicted octanol–water partition coefficient (Wildman–Crippen LogP) is 4.16. The third-order valence-electron chi connectivity index (χ3n) is 3.99. The summed E-state index contributed by atoms with van der Waals surface area (Å²) in [6, 6.07) is 6.59. The molecule has 0 saturated heterocycles. The third-order valence-corrected chi connectivity index (χ3v) is 8.43. The van der Waals surface area contributed by atoms with Crippen molar-refractivity contribution >= 4 is 58.8 Å². The molecule has 160 valence electrons. The summed E-state index contributed by atoms with van der Waals surface area (Å²) < 4.78 is 51.2. The molecule has 0 spiro atoms. The Morgan fingerprint density at radius 1 is 1.00 bits per heavy atom. The van der Waals surface area contributed by atoms with Gasteiger partial charge in [-0.25, -0.2) is 16.8 Å². The zero-order valence-corrected chi connectivity index (χ0v) is 20.4. The Morgan fingerprint density at radius 3 is 2.28 bits per heavy atom. The monoisotopic (exact) mass is 543 g/mol. The van der Waals surface area contributed by atoms with E-state index in [0.717, 1.165) is 0 Å². The topological polar surface area (TPSA) is 91.8 Å². The van der Waals surface area contributed by atoms with E-state index in [1.54, 1.807) is 0 Å². The molecule has 0 fully saturated rings. The largest absolute Gasteiger partial charge is 0.505 e. The highest BCUT2D eigenvalue weighted by molar-refractivity contribution is 9.10. The summed E-state index contributed by atoms with van der Waals surface area (Å²) in [5.41, 5.74) is 0.194. The van der Waals surface area contributed by atoms with E-state index in [4.69, 9.17) is 23.2 Å². The second kappa shape index (κ2) is 9.53. The van der Waals surface area contributed by atoms with Crippen LogP contribution in [0.3, 0.4) is 0 Å². The Bertz CT molecular complexity index is 1120. The van der Waals surface area contributed by atoms with Gasteiger partial charge in [0.25, 0.3) is 0 Å². The average molecular weight is 545 g/mol. The predicted molar refractivity (Wildman–Crippen MR) is 118 cm³/mol. The molecular weight excluding hydrogens is 525 g/mol. The van der Waals surface area contributed by atoms with Gasteiger partial charge >= 0.3 is 0 Å². The summed E-state index contributed by atoms with van der Waals surface area (Å²) in [6.45, 7) is 0.601. The van der Waals surface area contributed by atoms with Gasteiger partial charge in [-0.05, 0) is 63.0 Å². The number of rotatable bonds is 8. The number of halogens is 3. The molecule has 0 atom stereocenters. The van der Waals surface area contributed by atoms with Crippen molar-refractivity contribution in [2.45, 2.75) is 22.0 Å². The Labute approximate surface area is 189 Å². The van der Waals surface area contributed by atoms with Crippen LogP contribution in [-0.2, 0) is 25.4 Å². The smallest absolute Gasteiger partial charge is 0.186 e. The summed E-state index contributed by atoms with van der Waals surface area (Å²) in [4.78, 5) is 1.49. The fourth-order valence-electron chi connectivity index (χ4n) is 2.65. The van der Waals surface area contributed by atoms with Crippen LogP contribution in [-0.4, -0.2) is 53.2 Å². The molecule has 0 amide bonds.